The molecule has 172 valence electrons. The van der Waals surface area contributed by atoms with Crippen LogP contribution in [0.15, 0.2) is 59.5 Å². The zero-order chi connectivity index (χ0) is 23.1. The van der Waals surface area contributed by atoms with Gasteiger partial charge in [0.25, 0.3) is 5.91 Å². The van der Waals surface area contributed by atoms with Crippen LogP contribution in [0.1, 0.15) is 36.5 Å². The van der Waals surface area contributed by atoms with Crippen LogP contribution in [0.5, 0.6) is 0 Å². The van der Waals surface area contributed by atoms with Crippen molar-refractivity contribution in [3.63, 3.8) is 0 Å². The summed E-state index contributed by atoms with van der Waals surface area (Å²) in [7, 11) is -3.27. The highest BCUT2D eigenvalue weighted by Gasteiger charge is 2.28. The van der Waals surface area contributed by atoms with Crippen LogP contribution in [0.2, 0.25) is 0 Å². The van der Waals surface area contributed by atoms with Crippen molar-refractivity contribution < 1.29 is 18.0 Å². The van der Waals surface area contributed by atoms with E-state index in [0.717, 1.165) is 32.1 Å². The van der Waals surface area contributed by atoms with E-state index in [9.17, 15) is 18.0 Å². The Labute approximate surface area is 190 Å². The Morgan fingerprint density at radius 3 is 2.22 bits per heavy atom. The molecule has 8 heteroatoms. The Balaban J connectivity index is 1.55. The number of hydrogen-bond donors (Lipinski definition) is 1. The molecular formula is C24H31N3O4S. The number of benzene rings is 2. The number of carbonyl (C=O) groups excluding carboxylic acids is 2. The fourth-order valence-electron chi connectivity index (χ4n) is 4.05. The maximum atomic E-state index is 12.7. The maximum Gasteiger partial charge on any atom is 0.253 e. The van der Waals surface area contributed by atoms with Crippen molar-refractivity contribution in [3.8, 4) is 0 Å². The molecule has 1 fully saturated rings. The Bertz CT molecular complexity index is 1010. The number of likely N-dealkylation sites (tertiary alicyclic amines) is 1. The number of sulfone groups is 1. The molecular weight excluding hydrogens is 426 g/mol. The van der Waals surface area contributed by atoms with Gasteiger partial charge in [-0.25, -0.2) is 8.42 Å². The molecule has 7 nitrogen and oxygen atoms in total. The van der Waals surface area contributed by atoms with E-state index in [2.05, 4.69) is 17.1 Å². The van der Waals surface area contributed by atoms with Crippen molar-refractivity contribution in [3.05, 3.63) is 60.2 Å². The molecule has 0 aliphatic carbocycles. The number of anilines is 1. The number of piperidine rings is 1. The van der Waals surface area contributed by atoms with Gasteiger partial charge in [-0.3, -0.25) is 14.5 Å². The lowest BCUT2D eigenvalue weighted by molar-refractivity contribution is -0.118. The minimum atomic E-state index is -3.27. The molecule has 1 aliphatic heterocycles. The molecule has 1 N–H and O–H groups in total. The largest absolute Gasteiger partial charge is 0.339 e. The van der Waals surface area contributed by atoms with Gasteiger partial charge in [-0.05, 0) is 62.2 Å². The fourth-order valence-corrected chi connectivity index (χ4v) is 4.68. The van der Waals surface area contributed by atoms with E-state index < -0.39 is 9.84 Å². The number of nitrogens with one attached hydrogen (secondary N) is 1. The van der Waals surface area contributed by atoms with E-state index in [4.69, 9.17) is 0 Å². The first-order chi connectivity index (χ1) is 15.3. The number of rotatable bonds is 8. The van der Waals surface area contributed by atoms with E-state index in [1.807, 2.05) is 35.2 Å². The van der Waals surface area contributed by atoms with Gasteiger partial charge in [-0.1, -0.05) is 25.1 Å². The van der Waals surface area contributed by atoms with Crippen molar-refractivity contribution in [1.82, 2.24) is 9.80 Å². The van der Waals surface area contributed by atoms with Gasteiger partial charge in [-0.15, -0.1) is 0 Å². The van der Waals surface area contributed by atoms with Crippen molar-refractivity contribution >= 4 is 27.3 Å². The number of hydrogen-bond acceptors (Lipinski definition) is 5. The van der Waals surface area contributed by atoms with Crippen LogP contribution >= 0.6 is 0 Å². The quantitative estimate of drug-likeness (QED) is 0.658. The highest BCUT2D eigenvalue weighted by Crippen LogP contribution is 2.20. The summed E-state index contributed by atoms with van der Waals surface area (Å²) < 4.78 is 23.2. The van der Waals surface area contributed by atoms with Gasteiger partial charge < -0.3 is 10.2 Å². The first kappa shape index (κ1) is 23.9. The van der Waals surface area contributed by atoms with Crippen LogP contribution in [-0.2, 0) is 14.6 Å². The molecule has 0 spiro atoms. The molecule has 1 saturated heterocycles. The average molecular weight is 458 g/mol. The van der Waals surface area contributed by atoms with Gasteiger partial charge in [0.05, 0.1) is 11.4 Å². The van der Waals surface area contributed by atoms with Crippen molar-refractivity contribution in [2.75, 3.05) is 37.8 Å². The van der Waals surface area contributed by atoms with Gasteiger partial charge >= 0.3 is 0 Å². The standard InChI is InChI=1S/C24H31N3O4S/c1-3-15-27(18-23(28)25-20-9-11-22(12-10-20)32(2,30)31)21-13-16-26(17-14-21)24(29)19-7-5-4-6-8-19/h4-12,21H,3,13-18H2,1-2H3,(H,25,28). The van der Waals surface area contributed by atoms with E-state index in [0.29, 0.717) is 24.3 Å². The van der Waals surface area contributed by atoms with Crippen LogP contribution in [0, 0.1) is 0 Å². The summed E-state index contributed by atoms with van der Waals surface area (Å²) in [6.45, 7) is 4.50. The van der Waals surface area contributed by atoms with Crippen LogP contribution in [0.3, 0.4) is 0 Å². The normalized spacial score (nSPS) is 15.0. The summed E-state index contributed by atoms with van der Waals surface area (Å²) in [5.74, 6) is -0.0743. The predicted molar refractivity (Wildman–Crippen MR) is 125 cm³/mol. The monoisotopic (exact) mass is 457 g/mol. The van der Waals surface area contributed by atoms with Gasteiger partial charge in [0.1, 0.15) is 0 Å². The minimum Gasteiger partial charge on any atom is -0.339 e. The molecule has 1 aliphatic rings. The van der Waals surface area contributed by atoms with Crippen molar-refractivity contribution in [1.29, 1.82) is 0 Å². The molecule has 2 aromatic rings. The summed E-state index contributed by atoms with van der Waals surface area (Å²) in [6.07, 6.45) is 3.74. The highest BCUT2D eigenvalue weighted by atomic mass is 32.2. The van der Waals surface area contributed by atoms with Crippen LogP contribution < -0.4 is 5.32 Å². The van der Waals surface area contributed by atoms with Crippen molar-refractivity contribution in [2.24, 2.45) is 0 Å². The summed E-state index contributed by atoms with van der Waals surface area (Å²) in [5, 5.41) is 2.86. The Morgan fingerprint density at radius 2 is 1.66 bits per heavy atom. The summed E-state index contributed by atoms with van der Waals surface area (Å²) >= 11 is 0. The highest BCUT2D eigenvalue weighted by molar-refractivity contribution is 7.90. The topological polar surface area (TPSA) is 86.8 Å². The first-order valence-corrected chi connectivity index (χ1v) is 12.9. The number of carbonyl (C=O) groups is 2. The van der Waals surface area contributed by atoms with E-state index in [1.165, 1.54) is 12.1 Å². The molecule has 1 heterocycles. The third-order valence-electron chi connectivity index (χ3n) is 5.71. The molecule has 0 bridgehead atoms. The first-order valence-electron chi connectivity index (χ1n) is 11.0. The minimum absolute atomic E-state index is 0.0568. The summed E-state index contributed by atoms with van der Waals surface area (Å²) in [4.78, 5) is 29.6. The second kappa shape index (κ2) is 10.7. The molecule has 0 saturated carbocycles. The van der Waals surface area contributed by atoms with Gasteiger partial charge in [0, 0.05) is 36.6 Å². The van der Waals surface area contributed by atoms with Crippen molar-refractivity contribution in [2.45, 2.75) is 37.1 Å². The van der Waals surface area contributed by atoms with Gasteiger partial charge in [0.15, 0.2) is 9.84 Å². The van der Waals surface area contributed by atoms with Crippen LogP contribution in [0.4, 0.5) is 5.69 Å². The van der Waals surface area contributed by atoms with E-state index in [-0.39, 0.29) is 29.3 Å². The van der Waals surface area contributed by atoms with Gasteiger partial charge in [-0.2, -0.15) is 0 Å². The van der Waals surface area contributed by atoms with E-state index in [1.54, 1.807) is 12.1 Å². The lowest BCUT2D eigenvalue weighted by Gasteiger charge is -2.38. The average Bonchev–Trinajstić information content (AvgIpc) is 2.79. The molecule has 0 unspecified atom stereocenters. The molecule has 32 heavy (non-hydrogen) atoms. The maximum absolute atomic E-state index is 12.7. The third-order valence-corrected chi connectivity index (χ3v) is 6.84. The summed E-state index contributed by atoms with van der Waals surface area (Å²) in [6, 6.07) is 15.8. The number of nitrogens with zero attached hydrogens (tertiary/aromatic N) is 2. The van der Waals surface area contributed by atoms with Crippen LogP contribution in [-0.4, -0.2) is 68.5 Å². The lowest BCUT2D eigenvalue weighted by Crippen LogP contribution is -2.49. The Morgan fingerprint density at radius 1 is 1.03 bits per heavy atom. The third kappa shape index (κ3) is 6.40. The second-order valence-electron chi connectivity index (χ2n) is 8.20. The molecule has 0 atom stereocenters. The molecule has 0 aromatic heterocycles. The molecule has 2 amide bonds. The SMILES string of the molecule is CCCN(CC(=O)Nc1ccc(S(C)(=O)=O)cc1)C1CCN(C(=O)c2ccccc2)CC1. The lowest BCUT2D eigenvalue weighted by atomic mass is 10.0. The molecule has 0 radical (unpaired) electrons. The zero-order valence-electron chi connectivity index (χ0n) is 18.7. The predicted octanol–water partition coefficient (Wildman–Crippen LogP) is 3.05. The van der Waals surface area contributed by atoms with Gasteiger partial charge in [0.2, 0.25) is 5.91 Å². The fraction of sp³-hybridized carbons (Fsp3) is 0.417. The summed E-state index contributed by atoms with van der Waals surface area (Å²) in [5.41, 5.74) is 1.28. The molecule has 2 aromatic carbocycles. The molecule has 3 rings (SSSR count). The smallest absolute Gasteiger partial charge is 0.253 e. The number of amides is 2. The Hall–Kier alpha value is -2.71. The second-order valence-corrected chi connectivity index (χ2v) is 10.2. The van der Waals surface area contributed by atoms with E-state index >= 15 is 0 Å². The van der Waals surface area contributed by atoms with Crippen LogP contribution in [0.25, 0.3) is 0 Å². The zero-order valence-corrected chi connectivity index (χ0v) is 19.5. The Kier molecular flexibility index (Phi) is 8.04.